The van der Waals surface area contributed by atoms with E-state index < -0.39 is 17.3 Å². The van der Waals surface area contributed by atoms with Gasteiger partial charge >= 0.3 is 12.3 Å². The van der Waals surface area contributed by atoms with Gasteiger partial charge in [0.05, 0.1) is 5.56 Å². The van der Waals surface area contributed by atoms with Gasteiger partial charge in [-0.15, -0.1) is 0 Å². The molecular formula is C17H22BrF3N2O2. The highest BCUT2D eigenvalue weighted by atomic mass is 79.9. The van der Waals surface area contributed by atoms with Crippen molar-refractivity contribution in [1.29, 1.82) is 0 Å². The highest BCUT2D eigenvalue weighted by Gasteiger charge is 2.31. The first-order valence-corrected chi connectivity index (χ1v) is 8.80. The van der Waals surface area contributed by atoms with Crippen LogP contribution in [-0.4, -0.2) is 47.7 Å². The van der Waals surface area contributed by atoms with Crippen LogP contribution in [0, 0.1) is 0 Å². The zero-order valence-corrected chi connectivity index (χ0v) is 16.1. The summed E-state index contributed by atoms with van der Waals surface area (Å²) >= 11 is 3.14. The van der Waals surface area contributed by atoms with Crippen LogP contribution in [0.5, 0.6) is 0 Å². The first-order valence-electron chi connectivity index (χ1n) is 8.01. The number of alkyl halides is 3. The number of nitrogens with zero attached hydrogens (tertiary/aromatic N) is 2. The number of carbonyl (C=O) groups excluding carboxylic acids is 1. The second-order valence-electron chi connectivity index (χ2n) is 7.09. The Morgan fingerprint density at radius 1 is 1.12 bits per heavy atom. The van der Waals surface area contributed by atoms with Crippen molar-refractivity contribution >= 4 is 22.0 Å². The summed E-state index contributed by atoms with van der Waals surface area (Å²) in [7, 11) is 0. The van der Waals surface area contributed by atoms with Crippen LogP contribution in [0.4, 0.5) is 18.0 Å². The van der Waals surface area contributed by atoms with Crippen molar-refractivity contribution in [2.75, 3.05) is 26.2 Å². The standard InChI is InChI=1S/C17H22BrF3N2O2/c1-16(2,3)25-15(24)23-6-4-22(5-7-23)11-12-8-13(17(19,20)21)10-14(18)9-12/h8-10H,4-7,11H2,1-3H3. The number of ether oxygens (including phenoxy) is 1. The number of carbonyl (C=O) groups is 1. The van der Waals surface area contributed by atoms with E-state index in [-0.39, 0.29) is 6.09 Å². The second-order valence-corrected chi connectivity index (χ2v) is 8.01. The summed E-state index contributed by atoms with van der Waals surface area (Å²) in [5.74, 6) is 0. The van der Waals surface area contributed by atoms with E-state index in [2.05, 4.69) is 15.9 Å². The summed E-state index contributed by atoms with van der Waals surface area (Å²) in [6, 6.07) is 3.93. The van der Waals surface area contributed by atoms with Crippen molar-refractivity contribution in [2.45, 2.75) is 39.1 Å². The van der Waals surface area contributed by atoms with Crippen molar-refractivity contribution in [3.63, 3.8) is 0 Å². The lowest BCUT2D eigenvalue weighted by atomic mass is 10.1. The molecule has 0 aromatic heterocycles. The maximum atomic E-state index is 12.9. The van der Waals surface area contributed by atoms with Crippen molar-refractivity contribution in [2.24, 2.45) is 0 Å². The molecule has 0 spiro atoms. The quantitative estimate of drug-likeness (QED) is 0.702. The minimum absolute atomic E-state index is 0.353. The zero-order valence-electron chi connectivity index (χ0n) is 14.5. The normalized spacial score (nSPS) is 16.8. The molecule has 1 heterocycles. The Labute approximate surface area is 154 Å². The van der Waals surface area contributed by atoms with Crippen molar-refractivity contribution in [1.82, 2.24) is 9.80 Å². The molecule has 0 saturated carbocycles. The number of piperazine rings is 1. The number of hydrogen-bond acceptors (Lipinski definition) is 3. The van der Waals surface area contributed by atoms with E-state index in [4.69, 9.17) is 4.74 Å². The lowest BCUT2D eigenvalue weighted by Gasteiger charge is -2.35. The maximum Gasteiger partial charge on any atom is 0.416 e. The molecule has 1 aliphatic heterocycles. The lowest BCUT2D eigenvalue weighted by Crippen LogP contribution is -2.49. The first kappa shape index (κ1) is 20.0. The molecule has 1 aromatic carbocycles. The van der Waals surface area contributed by atoms with Gasteiger partial charge in [-0.1, -0.05) is 15.9 Å². The van der Waals surface area contributed by atoms with Crippen LogP contribution >= 0.6 is 15.9 Å². The van der Waals surface area contributed by atoms with Gasteiger partial charge in [0, 0.05) is 37.2 Å². The maximum absolute atomic E-state index is 12.9. The Kier molecular flexibility index (Phi) is 6.04. The van der Waals surface area contributed by atoms with E-state index in [1.54, 1.807) is 11.0 Å². The van der Waals surface area contributed by atoms with Crippen molar-refractivity contribution in [3.05, 3.63) is 33.8 Å². The molecule has 4 nitrogen and oxygen atoms in total. The topological polar surface area (TPSA) is 32.8 Å². The molecule has 0 atom stereocenters. The summed E-state index contributed by atoms with van der Waals surface area (Å²) < 4.78 is 44.5. The van der Waals surface area contributed by atoms with Gasteiger partial charge in [-0.25, -0.2) is 4.79 Å². The van der Waals surface area contributed by atoms with E-state index in [1.165, 1.54) is 6.07 Å². The lowest BCUT2D eigenvalue weighted by molar-refractivity contribution is -0.137. The predicted molar refractivity (Wildman–Crippen MR) is 92.2 cm³/mol. The molecule has 1 aliphatic rings. The van der Waals surface area contributed by atoms with Crippen LogP contribution in [0.25, 0.3) is 0 Å². The van der Waals surface area contributed by atoms with Crippen molar-refractivity contribution < 1.29 is 22.7 Å². The average molecular weight is 423 g/mol. The van der Waals surface area contributed by atoms with Gasteiger partial charge in [0.2, 0.25) is 0 Å². The van der Waals surface area contributed by atoms with Crippen LogP contribution in [0.2, 0.25) is 0 Å². The molecule has 0 unspecified atom stereocenters. The molecule has 1 fully saturated rings. The van der Waals surface area contributed by atoms with Gasteiger partial charge in [0.1, 0.15) is 5.60 Å². The van der Waals surface area contributed by atoms with Crippen LogP contribution in [-0.2, 0) is 17.5 Å². The molecule has 0 N–H and O–H groups in total. The van der Waals surface area contributed by atoms with Crippen LogP contribution in [0.3, 0.4) is 0 Å². The highest BCUT2D eigenvalue weighted by Crippen LogP contribution is 2.32. The Hall–Kier alpha value is -1.28. The SMILES string of the molecule is CC(C)(C)OC(=O)N1CCN(Cc2cc(Br)cc(C(F)(F)F)c2)CC1. The van der Waals surface area contributed by atoms with Gasteiger partial charge in [-0.2, -0.15) is 13.2 Å². The zero-order chi connectivity index (χ0) is 18.8. The summed E-state index contributed by atoms with van der Waals surface area (Å²) in [5.41, 5.74) is -0.616. The third-order valence-electron chi connectivity index (χ3n) is 3.72. The fourth-order valence-electron chi connectivity index (χ4n) is 2.58. The molecule has 0 aliphatic carbocycles. The molecule has 1 saturated heterocycles. The monoisotopic (exact) mass is 422 g/mol. The number of benzene rings is 1. The van der Waals surface area contributed by atoms with Crippen molar-refractivity contribution in [3.8, 4) is 0 Å². The molecule has 0 radical (unpaired) electrons. The third kappa shape index (κ3) is 6.18. The largest absolute Gasteiger partial charge is 0.444 e. The molecule has 25 heavy (non-hydrogen) atoms. The van der Waals surface area contributed by atoms with E-state index in [0.29, 0.717) is 42.8 Å². The smallest absolute Gasteiger partial charge is 0.416 e. The summed E-state index contributed by atoms with van der Waals surface area (Å²) in [6.07, 6.45) is -4.72. The minimum atomic E-state index is -4.37. The summed E-state index contributed by atoms with van der Waals surface area (Å²) in [4.78, 5) is 15.7. The summed E-state index contributed by atoms with van der Waals surface area (Å²) in [6.45, 7) is 8.01. The van der Waals surface area contributed by atoms with Crippen LogP contribution < -0.4 is 0 Å². The fourth-order valence-corrected chi connectivity index (χ4v) is 3.12. The van der Waals surface area contributed by atoms with Gasteiger partial charge in [-0.3, -0.25) is 4.90 Å². The fraction of sp³-hybridized carbons (Fsp3) is 0.588. The Morgan fingerprint density at radius 2 is 1.72 bits per heavy atom. The summed E-state index contributed by atoms with van der Waals surface area (Å²) in [5, 5.41) is 0. The Bertz CT molecular complexity index is 621. The van der Waals surface area contributed by atoms with Crippen LogP contribution in [0.15, 0.2) is 22.7 Å². The number of amides is 1. The van der Waals surface area contributed by atoms with Gasteiger partial charge in [-0.05, 0) is 44.5 Å². The van der Waals surface area contributed by atoms with Gasteiger partial charge in [0.15, 0.2) is 0 Å². The molecule has 140 valence electrons. The van der Waals surface area contributed by atoms with E-state index in [0.717, 1.165) is 6.07 Å². The second kappa shape index (κ2) is 7.53. The Balaban J connectivity index is 1.94. The molecule has 1 aromatic rings. The molecule has 2 rings (SSSR count). The number of halogens is 4. The minimum Gasteiger partial charge on any atom is -0.444 e. The predicted octanol–water partition coefficient (Wildman–Crippen LogP) is 4.52. The average Bonchev–Trinajstić information content (AvgIpc) is 2.44. The van der Waals surface area contributed by atoms with Gasteiger partial charge < -0.3 is 9.64 Å². The molecule has 0 bridgehead atoms. The van der Waals surface area contributed by atoms with E-state index in [9.17, 15) is 18.0 Å². The van der Waals surface area contributed by atoms with Crippen LogP contribution in [0.1, 0.15) is 31.9 Å². The molecular weight excluding hydrogens is 401 g/mol. The molecule has 8 heteroatoms. The first-order chi connectivity index (χ1) is 11.4. The van der Waals surface area contributed by atoms with E-state index in [1.807, 2.05) is 25.7 Å². The van der Waals surface area contributed by atoms with Gasteiger partial charge in [0.25, 0.3) is 0 Å². The Morgan fingerprint density at radius 3 is 2.24 bits per heavy atom. The third-order valence-corrected chi connectivity index (χ3v) is 4.17. The van der Waals surface area contributed by atoms with E-state index >= 15 is 0 Å². The molecule has 1 amide bonds. The highest BCUT2D eigenvalue weighted by molar-refractivity contribution is 9.10. The number of rotatable bonds is 2. The number of hydrogen-bond donors (Lipinski definition) is 0.